The number of hydrazone groups is 1. The first kappa shape index (κ1) is 20.6. The minimum Gasteiger partial charge on any atom is -0.497 e. The number of nitrogens with one attached hydrogen (secondary N) is 2. The highest BCUT2D eigenvalue weighted by atomic mass is 79.9. The van der Waals surface area contributed by atoms with E-state index in [-0.39, 0.29) is 5.91 Å². The molecule has 2 N–H and O–H groups in total. The van der Waals surface area contributed by atoms with Gasteiger partial charge in [0.25, 0.3) is 5.91 Å². The summed E-state index contributed by atoms with van der Waals surface area (Å²) in [5.41, 5.74) is 4.02. The van der Waals surface area contributed by atoms with Gasteiger partial charge >= 0.3 is 0 Å². The molecule has 0 aromatic heterocycles. The van der Waals surface area contributed by atoms with Crippen molar-refractivity contribution >= 4 is 33.7 Å². The van der Waals surface area contributed by atoms with E-state index in [1.807, 2.05) is 24.3 Å². The molecule has 0 bridgehead atoms. The summed E-state index contributed by atoms with van der Waals surface area (Å²) >= 11 is 3.41. The topological polar surface area (TPSA) is 81.2 Å². The van der Waals surface area contributed by atoms with Gasteiger partial charge in [-0.2, -0.15) is 5.10 Å². The van der Waals surface area contributed by atoms with Crippen molar-refractivity contribution in [1.82, 2.24) is 5.43 Å². The number of methoxy groups -OCH3 is 3. The van der Waals surface area contributed by atoms with E-state index in [9.17, 15) is 4.79 Å². The van der Waals surface area contributed by atoms with Crippen molar-refractivity contribution in [3.63, 3.8) is 0 Å². The van der Waals surface area contributed by atoms with Crippen LogP contribution in [-0.4, -0.2) is 39.5 Å². The van der Waals surface area contributed by atoms with E-state index < -0.39 is 6.04 Å². The maximum Gasteiger partial charge on any atom is 0.262 e. The molecule has 2 aromatic carbocycles. The number of benzene rings is 2. The van der Waals surface area contributed by atoms with Crippen molar-refractivity contribution < 1.29 is 19.0 Å². The zero-order valence-electron chi connectivity index (χ0n) is 15.6. The summed E-state index contributed by atoms with van der Waals surface area (Å²) in [6, 6.07) is 10.4. The molecule has 0 spiro atoms. The molecule has 0 aliphatic rings. The summed E-state index contributed by atoms with van der Waals surface area (Å²) in [6.07, 6.45) is 1.51. The second-order valence-corrected chi connectivity index (χ2v) is 6.41. The molecule has 0 saturated carbocycles. The zero-order valence-corrected chi connectivity index (χ0v) is 17.2. The first-order valence-electron chi connectivity index (χ1n) is 8.13. The number of hydrogen-bond acceptors (Lipinski definition) is 6. The Kier molecular flexibility index (Phi) is 7.48. The second kappa shape index (κ2) is 9.82. The van der Waals surface area contributed by atoms with Crippen LogP contribution < -0.4 is 25.0 Å². The van der Waals surface area contributed by atoms with Gasteiger partial charge in [0, 0.05) is 17.3 Å². The summed E-state index contributed by atoms with van der Waals surface area (Å²) in [4.78, 5) is 12.2. The van der Waals surface area contributed by atoms with Gasteiger partial charge in [0.1, 0.15) is 23.3 Å². The number of amides is 1. The van der Waals surface area contributed by atoms with Crippen LogP contribution in [0.4, 0.5) is 5.69 Å². The van der Waals surface area contributed by atoms with Crippen LogP contribution in [0.2, 0.25) is 0 Å². The Hall–Kier alpha value is -2.74. The first-order chi connectivity index (χ1) is 13.0. The second-order valence-electron chi connectivity index (χ2n) is 5.56. The number of halogens is 1. The molecule has 0 aliphatic carbocycles. The molecule has 0 fully saturated rings. The molecule has 1 atom stereocenters. The summed E-state index contributed by atoms with van der Waals surface area (Å²) in [5, 5.41) is 7.11. The molecule has 0 unspecified atom stereocenters. The number of nitrogens with zero attached hydrogens (tertiary/aromatic N) is 1. The van der Waals surface area contributed by atoms with Crippen LogP contribution in [0.5, 0.6) is 17.2 Å². The summed E-state index contributed by atoms with van der Waals surface area (Å²) in [5.74, 6) is 1.71. The van der Waals surface area contributed by atoms with Gasteiger partial charge in [-0.3, -0.25) is 4.79 Å². The van der Waals surface area contributed by atoms with Crippen molar-refractivity contribution in [2.24, 2.45) is 5.10 Å². The molecule has 0 radical (unpaired) electrons. The third-order valence-electron chi connectivity index (χ3n) is 3.75. The van der Waals surface area contributed by atoms with Crippen molar-refractivity contribution in [3.05, 3.63) is 46.4 Å². The van der Waals surface area contributed by atoms with E-state index in [2.05, 4.69) is 31.8 Å². The molecule has 1 amide bonds. The Balaban J connectivity index is 1.98. The Morgan fingerprint density at radius 3 is 2.33 bits per heavy atom. The molecule has 0 saturated heterocycles. The monoisotopic (exact) mass is 435 g/mol. The van der Waals surface area contributed by atoms with Gasteiger partial charge < -0.3 is 19.5 Å². The highest BCUT2D eigenvalue weighted by Gasteiger charge is 2.12. The fourth-order valence-corrected chi connectivity index (χ4v) is 2.77. The van der Waals surface area contributed by atoms with Crippen LogP contribution in [0.3, 0.4) is 0 Å². The van der Waals surface area contributed by atoms with E-state index in [1.54, 1.807) is 40.4 Å². The largest absolute Gasteiger partial charge is 0.497 e. The molecule has 8 heteroatoms. The maximum absolute atomic E-state index is 12.2. The molecule has 7 nitrogen and oxygen atoms in total. The Bertz CT molecular complexity index is 809. The molecular formula is C19H22BrN3O4. The van der Waals surface area contributed by atoms with Crippen molar-refractivity contribution in [2.75, 3.05) is 26.6 Å². The van der Waals surface area contributed by atoms with Gasteiger partial charge in [-0.05, 0) is 53.2 Å². The zero-order chi connectivity index (χ0) is 19.8. The van der Waals surface area contributed by atoms with Gasteiger partial charge in [-0.25, -0.2) is 5.43 Å². The number of ether oxygens (including phenoxy) is 3. The van der Waals surface area contributed by atoms with Gasteiger partial charge in [-0.15, -0.1) is 0 Å². The van der Waals surface area contributed by atoms with Crippen LogP contribution >= 0.6 is 15.9 Å². The van der Waals surface area contributed by atoms with Crippen molar-refractivity contribution in [2.45, 2.75) is 13.0 Å². The third kappa shape index (κ3) is 5.62. The first-order valence-corrected chi connectivity index (χ1v) is 8.92. The molecular weight excluding hydrogens is 414 g/mol. The standard InChI is InChI=1S/C19H22BrN3O4/c1-12(22-14-5-7-15(25-2)8-6-14)19(24)23-21-11-13-9-16(20)18(27-4)10-17(13)26-3/h5-12,22H,1-4H3,(H,23,24)/b21-11-/t12-/m0/s1. The molecule has 2 rings (SSSR count). The number of rotatable bonds is 8. The smallest absolute Gasteiger partial charge is 0.262 e. The normalized spacial score (nSPS) is 11.7. The van der Waals surface area contributed by atoms with Gasteiger partial charge in [0.2, 0.25) is 0 Å². The number of hydrogen-bond donors (Lipinski definition) is 2. The van der Waals surface area contributed by atoms with Crippen molar-refractivity contribution in [1.29, 1.82) is 0 Å². The maximum atomic E-state index is 12.2. The minimum atomic E-state index is -0.472. The van der Waals surface area contributed by atoms with Crippen LogP contribution in [0.25, 0.3) is 0 Å². The van der Waals surface area contributed by atoms with Crippen LogP contribution in [0.15, 0.2) is 46.0 Å². The molecule has 27 heavy (non-hydrogen) atoms. The molecule has 0 aliphatic heterocycles. The van der Waals surface area contributed by atoms with Crippen LogP contribution in [-0.2, 0) is 4.79 Å². The quantitative estimate of drug-likeness (QED) is 0.490. The average Bonchev–Trinajstić information content (AvgIpc) is 2.68. The van der Waals surface area contributed by atoms with Crippen LogP contribution in [0.1, 0.15) is 12.5 Å². The highest BCUT2D eigenvalue weighted by Crippen LogP contribution is 2.31. The average molecular weight is 436 g/mol. The minimum absolute atomic E-state index is 0.270. The van der Waals surface area contributed by atoms with E-state index in [0.717, 1.165) is 15.9 Å². The van der Waals surface area contributed by atoms with E-state index in [1.165, 1.54) is 6.21 Å². The molecule has 0 heterocycles. The summed E-state index contributed by atoms with van der Waals surface area (Å²) in [7, 11) is 4.73. The van der Waals surface area contributed by atoms with Gasteiger partial charge in [0.05, 0.1) is 32.0 Å². The number of carbonyl (C=O) groups excluding carboxylic acids is 1. The predicted molar refractivity (Wildman–Crippen MR) is 109 cm³/mol. The molecule has 2 aromatic rings. The van der Waals surface area contributed by atoms with Crippen molar-refractivity contribution in [3.8, 4) is 17.2 Å². The van der Waals surface area contributed by atoms with E-state index >= 15 is 0 Å². The number of carbonyl (C=O) groups is 1. The summed E-state index contributed by atoms with van der Waals surface area (Å²) < 4.78 is 16.4. The Morgan fingerprint density at radius 1 is 1.07 bits per heavy atom. The Morgan fingerprint density at radius 2 is 1.74 bits per heavy atom. The van der Waals surface area contributed by atoms with Gasteiger partial charge in [-0.1, -0.05) is 0 Å². The lowest BCUT2D eigenvalue weighted by Crippen LogP contribution is -2.34. The predicted octanol–water partition coefficient (Wildman–Crippen LogP) is 3.43. The lowest BCUT2D eigenvalue weighted by molar-refractivity contribution is -0.121. The highest BCUT2D eigenvalue weighted by molar-refractivity contribution is 9.10. The summed E-state index contributed by atoms with van der Waals surface area (Å²) in [6.45, 7) is 1.75. The fraction of sp³-hybridized carbons (Fsp3) is 0.263. The lowest BCUT2D eigenvalue weighted by atomic mass is 10.2. The fourth-order valence-electron chi connectivity index (χ4n) is 2.25. The third-order valence-corrected chi connectivity index (χ3v) is 4.37. The van der Waals surface area contributed by atoms with E-state index in [0.29, 0.717) is 17.1 Å². The van der Waals surface area contributed by atoms with Gasteiger partial charge in [0.15, 0.2) is 0 Å². The Labute approximate surface area is 166 Å². The SMILES string of the molecule is COc1ccc(N[C@@H](C)C(=O)N/N=C\c2cc(Br)c(OC)cc2OC)cc1. The van der Waals surface area contributed by atoms with Crippen LogP contribution in [0, 0.1) is 0 Å². The van der Waals surface area contributed by atoms with E-state index in [4.69, 9.17) is 14.2 Å². The molecule has 144 valence electrons. The lowest BCUT2D eigenvalue weighted by Gasteiger charge is -2.14. The number of anilines is 1.